The van der Waals surface area contributed by atoms with Crippen LogP contribution in [0.3, 0.4) is 0 Å². The van der Waals surface area contributed by atoms with E-state index in [1.54, 1.807) is 10.9 Å². The van der Waals surface area contributed by atoms with E-state index >= 15 is 0 Å². The average Bonchev–Trinajstić information content (AvgIpc) is 2.82. The first-order valence-electron chi connectivity index (χ1n) is 6.08. The summed E-state index contributed by atoms with van der Waals surface area (Å²) in [6.45, 7) is 2.06. The molecule has 0 aliphatic carbocycles. The van der Waals surface area contributed by atoms with E-state index in [9.17, 15) is 0 Å². The van der Waals surface area contributed by atoms with Crippen molar-refractivity contribution in [3.63, 3.8) is 0 Å². The van der Waals surface area contributed by atoms with Crippen molar-refractivity contribution >= 4 is 5.82 Å². The van der Waals surface area contributed by atoms with E-state index in [1.165, 1.54) is 5.56 Å². The zero-order chi connectivity index (χ0) is 13.2. The van der Waals surface area contributed by atoms with E-state index in [4.69, 9.17) is 5.73 Å². The highest BCUT2D eigenvalue weighted by Crippen LogP contribution is 2.22. The lowest BCUT2D eigenvalue weighted by molar-refractivity contribution is 0.860. The van der Waals surface area contributed by atoms with Gasteiger partial charge in [-0.3, -0.25) is 0 Å². The number of nitrogens with two attached hydrogens (primary N) is 1. The molecule has 0 bridgehead atoms. The Morgan fingerprint density at radius 3 is 2.68 bits per heavy atom. The number of rotatable bonds is 2. The molecule has 0 saturated heterocycles. The molecule has 3 rings (SSSR count). The standard InChI is InChI=1S/C15H14N4/c1-11-5-4-6-12(9-11)13-10-14(16)19(18-13)15-7-2-3-8-17-15/h2-10H,16H2,1H3. The normalized spacial score (nSPS) is 10.6. The van der Waals surface area contributed by atoms with Crippen LogP contribution in [-0.2, 0) is 0 Å². The van der Waals surface area contributed by atoms with Crippen molar-refractivity contribution in [1.82, 2.24) is 14.8 Å². The highest BCUT2D eigenvalue weighted by Gasteiger charge is 2.09. The molecular formula is C15H14N4. The Balaban J connectivity index is 2.07. The lowest BCUT2D eigenvalue weighted by Gasteiger charge is -2.01. The molecule has 0 fully saturated rings. The Hall–Kier alpha value is -2.62. The number of nitrogens with zero attached hydrogens (tertiary/aromatic N) is 3. The minimum Gasteiger partial charge on any atom is -0.384 e. The molecule has 0 radical (unpaired) electrons. The highest BCUT2D eigenvalue weighted by atomic mass is 15.3. The summed E-state index contributed by atoms with van der Waals surface area (Å²) in [5.74, 6) is 1.30. The molecule has 3 aromatic rings. The molecular weight excluding hydrogens is 236 g/mol. The molecule has 2 heterocycles. The van der Waals surface area contributed by atoms with Crippen molar-refractivity contribution in [3.8, 4) is 17.1 Å². The number of aromatic nitrogens is 3. The maximum absolute atomic E-state index is 6.01. The molecule has 0 atom stereocenters. The zero-order valence-corrected chi connectivity index (χ0v) is 10.6. The summed E-state index contributed by atoms with van der Waals surface area (Å²) in [4.78, 5) is 4.25. The summed E-state index contributed by atoms with van der Waals surface area (Å²) in [5, 5.41) is 4.52. The predicted molar refractivity (Wildman–Crippen MR) is 75.9 cm³/mol. The van der Waals surface area contributed by atoms with Gasteiger partial charge < -0.3 is 5.73 Å². The highest BCUT2D eigenvalue weighted by molar-refractivity contribution is 5.64. The maximum Gasteiger partial charge on any atom is 0.155 e. The van der Waals surface area contributed by atoms with Crippen LogP contribution in [0.5, 0.6) is 0 Å². The van der Waals surface area contributed by atoms with Gasteiger partial charge in [0.25, 0.3) is 0 Å². The fourth-order valence-electron chi connectivity index (χ4n) is 2.00. The van der Waals surface area contributed by atoms with Crippen LogP contribution in [0.25, 0.3) is 17.1 Å². The summed E-state index contributed by atoms with van der Waals surface area (Å²) in [6.07, 6.45) is 1.72. The Morgan fingerprint density at radius 2 is 1.95 bits per heavy atom. The van der Waals surface area contributed by atoms with Crippen molar-refractivity contribution in [1.29, 1.82) is 0 Å². The second-order valence-corrected chi connectivity index (χ2v) is 4.42. The summed E-state index contributed by atoms with van der Waals surface area (Å²) in [7, 11) is 0. The molecule has 2 aromatic heterocycles. The van der Waals surface area contributed by atoms with Crippen LogP contribution in [0.4, 0.5) is 5.82 Å². The van der Waals surface area contributed by atoms with Crippen molar-refractivity contribution < 1.29 is 0 Å². The third-order valence-electron chi connectivity index (χ3n) is 2.92. The van der Waals surface area contributed by atoms with Gasteiger partial charge in [-0.15, -0.1) is 0 Å². The monoisotopic (exact) mass is 250 g/mol. The zero-order valence-electron chi connectivity index (χ0n) is 10.6. The topological polar surface area (TPSA) is 56.7 Å². The number of aryl methyl sites for hydroxylation is 1. The molecule has 94 valence electrons. The molecule has 1 aromatic carbocycles. The summed E-state index contributed by atoms with van der Waals surface area (Å²) in [6, 6.07) is 15.7. The summed E-state index contributed by atoms with van der Waals surface area (Å²) in [5.41, 5.74) is 9.12. The van der Waals surface area contributed by atoms with Gasteiger partial charge in [-0.2, -0.15) is 9.78 Å². The van der Waals surface area contributed by atoms with E-state index < -0.39 is 0 Å². The number of hydrogen-bond acceptors (Lipinski definition) is 3. The quantitative estimate of drug-likeness (QED) is 0.760. The second-order valence-electron chi connectivity index (χ2n) is 4.42. The Bertz CT molecular complexity index is 701. The van der Waals surface area contributed by atoms with Gasteiger partial charge in [0, 0.05) is 17.8 Å². The molecule has 0 amide bonds. The molecule has 2 N–H and O–H groups in total. The Labute approximate surface area is 111 Å². The Morgan fingerprint density at radius 1 is 1.05 bits per heavy atom. The van der Waals surface area contributed by atoms with Gasteiger partial charge in [0.1, 0.15) is 5.82 Å². The third-order valence-corrected chi connectivity index (χ3v) is 2.92. The van der Waals surface area contributed by atoms with Crippen molar-refractivity contribution in [2.75, 3.05) is 5.73 Å². The Kier molecular flexibility index (Phi) is 2.76. The number of nitrogen functional groups attached to an aromatic ring is 1. The smallest absolute Gasteiger partial charge is 0.155 e. The van der Waals surface area contributed by atoms with Gasteiger partial charge in [-0.05, 0) is 25.1 Å². The van der Waals surface area contributed by atoms with Gasteiger partial charge in [0.05, 0.1) is 5.69 Å². The fourth-order valence-corrected chi connectivity index (χ4v) is 2.00. The third kappa shape index (κ3) is 2.20. The van der Waals surface area contributed by atoms with Crippen LogP contribution < -0.4 is 5.73 Å². The van der Waals surface area contributed by atoms with Gasteiger partial charge in [0.2, 0.25) is 0 Å². The molecule has 0 aliphatic rings. The van der Waals surface area contributed by atoms with Crippen LogP contribution in [0, 0.1) is 6.92 Å². The molecule has 4 heteroatoms. The first kappa shape index (κ1) is 11.5. The van der Waals surface area contributed by atoms with Crippen LogP contribution >= 0.6 is 0 Å². The maximum atomic E-state index is 6.01. The van der Waals surface area contributed by atoms with Crippen LogP contribution in [0.1, 0.15) is 5.56 Å². The number of pyridine rings is 1. The lowest BCUT2D eigenvalue weighted by atomic mass is 10.1. The second kappa shape index (κ2) is 4.57. The lowest BCUT2D eigenvalue weighted by Crippen LogP contribution is -2.03. The average molecular weight is 250 g/mol. The fraction of sp³-hybridized carbons (Fsp3) is 0.0667. The molecule has 0 unspecified atom stereocenters. The first-order chi connectivity index (χ1) is 9.24. The van der Waals surface area contributed by atoms with Crippen LogP contribution in [0.2, 0.25) is 0 Å². The van der Waals surface area contributed by atoms with Gasteiger partial charge in [0.15, 0.2) is 5.82 Å². The molecule has 0 aliphatic heterocycles. The summed E-state index contributed by atoms with van der Waals surface area (Å²) < 4.78 is 1.65. The first-order valence-corrected chi connectivity index (χ1v) is 6.08. The van der Waals surface area contributed by atoms with Gasteiger partial charge in [-0.25, -0.2) is 4.98 Å². The SMILES string of the molecule is Cc1cccc(-c2cc(N)n(-c3ccccn3)n2)c1. The molecule has 19 heavy (non-hydrogen) atoms. The van der Waals surface area contributed by atoms with Crippen LogP contribution in [-0.4, -0.2) is 14.8 Å². The number of hydrogen-bond donors (Lipinski definition) is 1. The van der Waals surface area contributed by atoms with Crippen molar-refractivity contribution in [2.45, 2.75) is 6.92 Å². The van der Waals surface area contributed by atoms with E-state index in [0.717, 1.165) is 17.1 Å². The van der Waals surface area contributed by atoms with Crippen molar-refractivity contribution in [2.24, 2.45) is 0 Å². The predicted octanol–water partition coefficient (Wildman–Crippen LogP) is 2.82. The van der Waals surface area contributed by atoms with E-state index in [2.05, 4.69) is 29.1 Å². The van der Waals surface area contributed by atoms with Gasteiger partial charge in [-0.1, -0.05) is 29.8 Å². The van der Waals surface area contributed by atoms with Crippen molar-refractivity contribution in [3.05, 3.63) is 60.3 Å². The van der Waals surface area contributed by atoms with E-state index in [-0.39, 0.29) is 0 Å². The largest absolute Gasteiger partial charge is 0.384 e. The number of anilines is 1. The van der Waals surface area contributed by atoms with E-state index in [0.29, 0.717) is 5.82 Å². The minimum absolute atomic E-state index is 0.579. The van der Waals surface area contributed by atoms with Crippen LogP contribution in [0.15, 0.2) is 54.7 Å². The molecule has 0 spiro atoms. The molecule has 0 saturated carbocycles. The van der Waals surface area contributed by atoms with E-state index in [1.807, 2.05) is 36.4 Å². The number of benzene rings is 1. The summed E-state index contributed by atoms with van der Waals surface area (Å²) >= 11 is 0. The minimum atomic E-state index is 0.579. The molecule has 4 nitrogen and oxygen atoms in total. The van der Waals surface area contributed by atoms with Gasteiger partial charge >= 0.3 is 0 Å².